The van der Waals surface area contributed by atoms with Crippen molar-refractivity contribution in [3.05, 3.63) is 47.5 Å². The molecule has 0 aromatic heterocycles. The Morgan fingerprint density at radius 1 is 0.778 bits per heavy atom. The van der Waals surface area contributed by atoms with Crippen molar-refractivity contribution in [1.82, 2.24) is 0 Å². The lowest BCUT2D eigenvalue weighted by molar-refractivity contribution is 0.0474. The van der Waals surface area contributed by atoms with Crippen molar-refractivity contribution in [1.29, 1.82) is 0 Å². The third-order valence-electron chi connectivity index (χ3n) is 3.74. The third-order valence-corrected chi connectivity index (χ3v) is 3.74. The average molecular weight is 374 g/mol. The van der Waals surface area contributed by atoms with Crippen LogP contribution in [0.4, 0.5) is 0 Å². The minimum Gasteiger partial charge on any atom is -0.493 e. The number of Topliss-reactive ketones (excluding diaryl/α,β-unsaturated/α-hetero) is 1. The van der Waals surface area contributed by atoms with Crippen LogP contribution in [-0.4, -0.2) is 46.3 Å². The number of carbonyl (C=O) groups is 2. The highest BCUT2D eigenvalue weighted by Crippen LogP contribution is 2.29. The second-order valence-electron chi connectivity index (χ2n) is 5.37. The Labute approximate surface area is 157 Å². The smallest absolute Gasteiger partial charge is 0.338 e. The highest BCUT2D eigenvalue weighted by Gasteiger charge is 2.16. The second-order valence-corrected chi connectivity index (χ2v) is 5.37. The fourth-order valence-corrected chi connectivity index (χ4v) is 2.38. The van der Waals surface area contributed by atoms with Crippen molar-refractivity contribution >= 4 is 11.8 Å². The minimum absolute atomic E-state index is 0.260. The van der Waals surface area contributed by atoms with Gasteiger partial charge in [-0.05, 0) is 43.3 Å². The molecule has 0 fully saturated rings. The second kappa shape index (κ2) is 9.47. The van der Waals surface area contributed by atoms with Crippen LogP contribution < -0.4 is 18.9 Å². The summed E-state index contributed by atoms with van der Waals surface area (Å²) in [5.41, 5.74) is 0.611. The first-order valence-corrected chi connectivity index (χ1v) is 8.27. The molecule has 7 heteroatoms. The van der Waals surface area contributed by atoms with Gasteiger partial charge in [-0.15, -0.1) is 0 Å². The van der Waals surface area contributed by atoms with Gasteiger partial charge in [-0.1, -0.05) is 0 Å². The highest BCUT2D eigenvalue weighted by atomic mass is 16.5. The number of ether oxygens (including phenoxy) is 5. The van der Waals surface area contributed by atoms with Crippen LogP contribution in [-0.2, 0) is 4.74 Å². The summed E-state index contributed by atoms with van der Waals surface area (Å²) < 4.78 is 26.0. The Morgan fingerprint density at radius 2 is 1.33 bits per heavy atom. The zero-order valence-corrected chi connectivity index (χ0v) is 15.7. The summed E-state index contributed by atoms with van der Waals surface area (Å²) in [5.74, 6) is 0.876. The van der Waals surface area contributed by atoms with E-state index in [0.717, 1.165) is 0 Å². The van der Waals surface area contributed by atoms with E-state index in [2.05, 4.69) is 0 Å². The summed E-state index contributed by atoms with van der Waals surface area (Å²) in [6.07, 6.45) is 0. The van der Waals surface area contributed by atoms with Crippen LogP contribution in [0, 0.1) is 0 Å². The summed E-state index contributed by atoms with van der Waals surface area (Å²) >= 11 is 0. The molecule has 0 radical (unpaired) electrons. The molecule has 0 aliphatic rings. The molecule has 0 unspecified atom stereocenters. The van der Waals surface area contributed by atoms with Gasteiger partial charge in [-0.25, -0.2) is 4.79 Å². The molecule has 2 aromatic rings. The molecule has 0 heterocycles. The first-order chi connectivity index (χ1) is 13.0. The Balaban J connectivity index is 2.05. The normalized spacial score (nSPS) is 10.1. The summed E-state index contributed by atoms with van der Waals surface area (Å²) in [5, 5.41) is 0. The van der Waals surface area contributed by atoms with Crippen molar-refractivity contribution in [2.45, 2.75) is 6.92 Å². The monoisotopic (exact) mass is 374 g/mol. The molecule has 0 atom stereocenters. The van der Waals surface area contributed by atoms with Crippen LogP contribution in [0.3, 0.4) is 0 Å². The number of hydrogen-bond donors (Lipinski definition) is 0. The van der Waals surface area contributed by atoms with Crippen LogP contribution >= 0.6 is 0 Å². The van der Waals surface area contributed by atoms with Gasteiger partial charge in [0.25, 0.3) is 0 Å². The Hall–Kier alpha value is -3.22. The van der Waals surface area contributed by atoms with E-state index in [-0.39, 0.29) is 11.3 Å². The van der Waals surface area contributed by atoms with Gasteiger partial charge in [-0.2, -0.15) is 0 Å². The van der Waals surface area contributed by atoms with Crippen molar-refractivity contribution < 1.29 is 33.3 Å². The molecular weight excluding hydrogens is 352 g/mol. The molecule has 0 aliphatic carbocycles. The molecule has 2 aromatic carbocycles. The van der Waals surface area contributed by atoms with E-state index in [1.54, 1.807) is 24.3 Å². The molecule has 0 amide bonds. The van der Waals surface area contributed by atoms with E-state index in [1.807, 2.05) is 6.92 Å². The zero-order chi connectivity index (χ0) is 19.8. The standard InChI is InChI=1S/C20H22O7/c1-5-26-17-9-7-14(11-19(17)25-4)20(22)27-12-15(21)13-6-8-16(23-2)18(10-13)24-3/h6-11H,5,12H2,1-4H3. The van der Waals surface area contributed by atoms with Crippen LogP contribution in [0.1, 0.15) is 27.6 Å². The quantitative estimate of drug-likeness (QED) is 0.493. The van der Waals surface area contributed by atoms with Gasteiger partial charge in [0.2, 0.25) is 0 Å². The maximum Gasteiger partial charge on any atom is 0.338 e. The van der Waals surface area contributed by atoms with Gasteiger partial charge in [0.1, 0.15) is 0 Å². The number of rotatable bonds is 9. The van der Waals surface area contributed by atoms with Gasteiger partial charge in [-0.3, -0.25) is 4.79 Å². The number of esters is 1. The largest absolute Gasteiger partial charge is 0.493 e. The Kier molecular flexibility index (Phi) is 7.05. The molecule has 0 spiro atoms. The van der Waals surface area contributed by atoms with Gasteiger partial charge >= 0.3 is 5.97 Å². The number of ketones is 1. The molecule has 0 aliphatic heterocycles. The molecular formula is C20H22O7. The maximum atomic E-state index is 12.3. The summed E-state index contributed by atoms with van der Waals surface area (Å²) in [4.78, 5) is 24.5. The number of methoxy groups -OCH3 is 3. The van der Waals surface area contributed by atoms with E-state index in [9.17, 15) is 9.59 Å². The van der Waals surface area contributed by atoms with Crippen molar-refractivity contribution in [3.8, 4) is 23.0 Å². The average Bonchev–Trinajstić information content (AvgIpc) is 2.71. The lowest BCUT2D eigenvalue weighted by Gasteiger charge is -2.11. The number of hydrogen-bond acceptors (Lipinski definition) is 7. The van der Waals surface area contributed by atoms with Crippen molar-refractivity contribution in [3.63, 3.8) is 0 Å². The van der Waals surface area contributed by atoms with Crippen LogP contribution in [0.15, 0.2) is 36.4 Å². The predicted molar refractivity (Wildman–Crippen MR) is 98.3 cm³/mol. The Bertz CT molecular complexity index is 814. The molecule has 0 saturated heterocycles. The number of carbonyl (C=O) groups excluding carboxylic acids is 2. The first-order valence-electron chi connectivity index (χ1n) is 8.27. The number of benzene rings is 2. The predicted octanol–water partition coefficient (Wildman–Crippen LogP) is 3.15. The van der Waals surface area contributed by atoms with Crippen LogP contribution in [0.25, 0.3) is 0 Å². The molecule has 7 nitrogen and oxygen atoms in total. The molecule has 0 bridgehead atoms. The zero-order valence-electron chi connectivity index (χ0n) is 15.7. The lowest BCUT2D eigenvalue weighted by Crippen LogP contribution is -2.14. The van der Waals surface area contributed by atoms with Crippen molar-refractivity contribution in [2.24, 2.45) is 0 Å². The SMILES string of the molecule is CCOc1ccc(C(=O)OCC(=O)c2ccc(OC)c(OC)c2)cc1OC. The highest BCUT2D eigenvalue weighted by molar-refractivity contribution is 6.00. The van der Waals surface area contributed by atoms with E-state index < -0.39 is 12.6 Å². The molecule has 144 valence electrons. The fourth-order valence-electron chi connectivity index (χ4n) is 2.38. The van der Waals surface area contributed by atoms with Crippen molar-refractivity contribution in [2.75, 3.05) is 34.5 Å². The summed E-state index contributed by atoms with van der Waals surface area (Å²) in [7, 11) is 4.46. The summed E-state index contributed by atoms with van der Waals surface area (Å²) in [6.45, 7) is 1.92. The van der Waals surface area contributed by atoms with E-state index >= 15 is 0 Å². The van der Waals surface area contributed by atoms with Gasteiger partial charge < -0.3 is 23.7 Å². The van der Waals surface area contributed by atoms with Crippen LogP contribution in [0.2, 0.25) is 0 Å². The van der Waals surface area contributed by atoms with E-state index in [0.29, 0.717) is 35.2 Å². The summed E-state index contributed by atoms with van der Waals surface area (Å²) in [6, 6.07) is 9.41. The fraction of sp³-hybridized carbons (Fsp3) is 0.300. The molecule has 2 rings (SSSR count). The maximum absolute atomic E-state index is 12.3. The molecule has 0 N–H and O–H groups in total. The first kappa shape index (κ1) is 20.1. The lowest BCUT2D eigenvalue weighted by atomic mass is 10.1. The topological polar surface area (TPSA) is 80.3 Å². The van der Waals surface area contributed by atoms with Gasteiger partial charge in [0.15, 0.2) is 35.4 Å². The van der Waals surface area contributed by atoms with Gasteiger partial charge in [0.05, 0.1) is 33.5 Å². The molecule has 27 heavy (non-hydrogen) atoms. The minimum atomic E-state index is -0.634. The van der Waals surface area contributed by atoms with Gasteiger partial charge in [0, 0.05) is 5.56 Å². The Morgan fingerprint density at radius 3 is 1.96 bits per heavy atom. The third kappa shape index (κ3) is 4.91. The van der Waals surface area contributed by atoms with Crippen LogP contribution in [0.5, 0.6) is 23.0 Å². The van der Waals surface area contributed by atoms with E-state index in [1.165, 1.54) is 33.5 Å². The molecule has 0 saturated carbocycles. The van der Waals surface area contributed by atoms with E-state index in [4.69, 9.17) is 23.7 Å².